The lowest BCUT2D eigenvalue weighted by Crippen LogP contribution is -2.47. The topological polar surface area (TPSA) is 62.1 Å². The van der Waals surface area contributed by atoms with Gasteiger partial charge in [-0.2, -0.15) is 5.26 Å². The summed E-state index contributed by atoms with van der Waals surface area (Å²) in [5.74, 6) is 0.261. The monoisotopic (exact) mass is 356 g/mol. The van der Waals surface area contributed by atoms with Crippen LogP contribution in [0.1, 0.15) is 25.7 Å². The van der Waals surface area contributed by atoms with Crippen LogP contribution >= 0.6 is 27.5 Å². The van der Waals surface area contributed by atoms with E-state index >= 15 is 0 Å². The molecule has 0 atom stereocenters. The van der Waals surface area contributed by atoms with E-state index in [1.165, 1.54) is 0 Å². The first-order valence-corrected chi connectivity index (χ1v) is 7.52. The number of hydrogen-bond donors (Lipinski definition) is 1. The molecule has 0 aliphatic heterocycles. The van der Waals surface area contributed by atoms with E-state index in [0.717, 1.165) is 12.8 Å². The molecule has 1 amide bonds. The number of nitriles is 1. The van der Waals surface area contributed by atoms with Crippen molar-refractivity contribution in [3.63, 3.8) is 0 Å². The van der Waals surface area contributed by atoms with Gasteiger partial charge < -0.3 is 10.1 Å². The number of carbonyl (C=O) groups is 1. The molecule has 0 heterocycles. The summed E-state index contributed by atoms with van der Waals surface area (Å²) in [6.07, 6.45) is 3.36. The van der Waals surface area contributed by atoms with Crippen molar-refractivity contribution in [1.29, 1.82) is 5.26 Å². The van der Waals surface area contributed by atoms with Gasteiger partial charge in [0.05, 0.1) is 10.5 Å². The van der Waals surface area contributed by atoms with Gasteiger partial charge in [-0.05, 0) is 59.8 Å². The number of ether oxygens (including phenoxy) is 1. The van der Waals surface area contributed by atoms with E-state index in [0.29, 0.717) is 28.1 Å². The number of carbonyl (C=O) groups excluding carboxylic acids is 1. The van der Waals surface area contributed by atoms with Crippen LogP contribution in [0.25, 0.3) is 0 Å². The second kappa shape index (κ2) is 6.47. The fourth-order valence-electron chi connectivity index (χ4n) is 2.28. The van der Waals surface area contributed by atoms with Gasteiger partial charge in [0.1, 0.15) is 11.3 Å². The molecule has 0 spiro atoms. The summed E-state index contributed by atoms with van der Waals surface area (Å²) in [7, 11) is 0. The maximum Gasteiger partial charge on any atom is 0.259 e. The number of rotatable bonds is 4. The highest BCUT2D eigenvalue weighted by Crippen LogP contribution is 2.29. The van der Waals surface area contributed by atoms with Crippen LogP contribution in [0, 0.1) is 11.3 Å². The van der Waals surface area contributed by atoms with Gasteiger partial charge in [0.2, 0.25) is 0 Å². The molecule has 6 heteroatoms. The summed E-state index contributed by atoms with van der Waals surface area (Å²) in [6, 6.07) is 7.29. The standard InChI is InChI=1S/C14H14BrClN2O2/c15-11-7-10(16)3-4-12(11)20-8-13(19)18-14(9-17)5-1-2-6-14/h3-4,7H,1-2,5-6,8H2,(H,18,19). The Kier molecular flexibility index (Phi) is 4.90. The molecule has 0 saturated heterocycles. The Labute approximate surface area is 131 Å². The maximum absolute atomic E-state index is 11.9. The molecule has 0 aromatic heterocycles. The minimum atomic E-state index is -0.711. The lowest BCUT2D eigenvalue weighted by atomic mass is 10.00. The van der Waals surface area contributed by atoms with Gasteiger partial charge in [-0.3, -0.25) is 4.79 Å². The smallest absolute Gasteiger partial charge is 0.259 e. The molecule has 4 nitrogen and oxygen atoms in total. The Bertz CT molecular complexity index is 551. The van der Waals surface area contributed by atoms with E-state index in [-0.39, 0.29) is 12.5 Å². The molecule has 106 valence electrons. The number of benzene rings is 1. The molecule has 1 aromatic carbocycles. The van der Waals surface area contributed by atoms with Gasteiger partial charge in [-0.25, -0.2) is 0 Å². The van der Waals surface area contributed by atoms with Gasteiger partial charge in [0, 0.05) is 5.02 Å². The van der Waals surface area contributed by atoms with Crippen molar-refractivity contribution >= 4 is 33.4 Å². The average molecular weight is 358 g/mol. The Morgan fingerprint density at radius 3 is 2.80 bits per heavy atom. The minimum Gasteiger partial charge on any atom is -0.483 e. The fraction of sp³-hybridized carbons (Fsp3) is 0.429. The van der Waals surface area contributed by atoms with Crippen LogP contribution in [-0.4, -0.2) is 18.1 Å². The summed E-state index contributed by atoms with van der Waals surface area (Å²) in [6.45, 7) is -0.121. The first-order valence-electron chi connectivity index (χ1n) is 6.35. The molecule has 0 unspecified atom stereocenters. The average Bonchev–Trinajstić information content (AvgIpc) is 2.87. The zero-order chi connectivity index (χ0) is 14.6. The molecular formula is C14H14BrClN2O2. The van der Waals surface area contributed by atoms with Crippen LogP contribution in [0.15, 0.2) is 22.7 Å². The van der Waals surface area contributed by atoms with Crippen LogP contribution in [0.2, 0.25) is 5.02 Å². The SMILES string of the molecule is N#CC1(NC(=O)COc2ccc(Cl)cc2Br)CCCC1. The molecule has 2 rings (SSSR count). The van der Waals surface area contributed by atoms with Crippen molar-refractivity contribution < 1.29 is 9.53 Å². The summed E-state index contributed by atoms with van der Waals surface area (Å²) < 4.78 is 6.11. The van der Waals surface area contributed by atoms with Gasteiger partial charge in [-0.15, -0.1) is 0 Å². The molecule has 20 heavy (non-hydrogen) atoms. The number of nitrogens with one attached hydrogen (secondary N) is 1. The van der Waals surface area contributed by atoms with Crippen molar-refractivity contribution in [3.8, 4) is 11.8 Å². The van der Waals surface area contributed by atoms with Crippen LogP contribution < -0.4 is 10.1 Å². The molecule has 1 saturated carbocycles. The first-order chi connectivity index (χ1) is 9.54. The van der Waals surface area contributed by atoms with Crippen molar-refractivity contribution in [2.45, 2.75) is 31.2 Å². The van der Waals surface area contributed by atoms with Gasteiger partial charge in [-0.1, -0.05) is 11.6 Å². The minimum absolute atomic E-state index is 0.121. The highest BCUT2D eigenvalue weighted by atomic mass is 79.9. The van der Waals surface area contributed by atoms with E-state index in [9.17, 15) is 10.1 Å². The second-order valence-corrected chi connectivity index (χ2v) is 6.10. The molecule has 1 aliphatic carbocycles. The molecule has 1 aliphatic rings. The van der Waals surface area contributed by atoms with Crippen LogP contribution in [0.4, 0.5) is 0 Å². The largest absolute Gasteiger partial charge is 0.483 e. The highest BCUT2D eigenvalue weighted by Gasteiger charge is 2.35. The van der Waals surface area contributed by atoms with Crippen molar-refractivity contribution in [2.75, 3.05) is 6.61 Å². The maximum atomic E-state index is 11.9. The summed E-state index contributed by atoms with van der Waals surface area (Å²) >= 11 is 9.15. The molecule has 0 radical (unpaired) electrons. The predicted molar refractivity (Wildman–Crippen MR) is 79.6 cm³/mol. The van der Waals surface area contributed by atoms with Crippen LogP contribution in [0.3, 0.4) is 0 Å². The highest BCUT2D eigenvalue weighted by molar-refractivity contribution is 9.10. The number of nitrogens with zero attached hydrogens (tertiary/aromatic N) is 1. The normalized spacial score (nSPS) is 16.4. The van der Waals surface area contributed by atoms with E-state index in [2.05, 4.69) is 27.3 Å². The number of hydrogen-bond acceptors (Lipinski definition) is 3. The van der Waals surface area contributed by atoms with Crippen LogP contribution in [-0.2, 0) is 4.79 Å². The van der Waals surface area contributed by atoms with Gasteiger partial charge in [0.25, 0.3) is 5.91 Å². The Morgan fingerprint density at radius 1 is 1.50 bits per heavy atom. The Hall–Kier alpha value is -1.25. The van der Waals surface area contributed by atoms with E-state index in [1.807, 2.05) is 0 Å². The van der Waals surface area contributed by atoms with Gasteiger partial charge >= 0.3 is 0 Å². The fourth-order valence-corrected chi connectivity index (χ4v) is 3.08. The van der Waals surface area contributed by atoms with Crippen molar-refractivity contribution in [1.82, 2.24) is 5.32 Å². The Balaban J connectivity index is 1.91. The van der Waals surface area contributed by atoms with Crippen LogP contribution in [0.5, 0.6) is 5.75 Å². The van der Waals surface area contributed by atoms with Crippen molar-refractivity contribution in [3.05, 3.63) is 27.7 Å². The van der Waals surface area contributed by atoms with Crippen molar-refractivity contribution in [2.24, 2.45) is 0 Å². The summed E-state index contributed by atoms with van der Waals surface area (Å²) in [5.41, 5.74) is -0.711. The molecular weight excluding hydrogens is 344 g/mol. The lowest BCUT2D eigenvalue weighted by Gasteiger charge is -2.22. The number of amides is 1. The lowest BCUT2D eigenvalue weighted by molar-refractivity contribution is -0.124. The third-order valence-electron chi connectivity index (χ3n) is 3.30. The molecule has 1 aromatic rings. The summed E-state index contributed by atoms with van der Waals surface area (Å²) in [5, 5.41) is 12.6. The van der Waals surface area contributed by atoms with E-state index < -0.39 is 5.54 Å². The number of halogens is 2. The third kappa shape index (κ3) is 3.65. The van der Waals surface area contributed by atoms with E-state index in [1.54, 1.807) is 18.2 Å². The molecule has 1 fully saturated rings. The Morgan fingerprint density at radius 2 is 2.20 bits per heavy atom. The second-order valence-electron chi connectivity index (χ2n) is 4.81. The third-order valence-corrected chi connectivity index (χ3v) is 4.16. The summed E-state index contributed by atoms with van der Waals surface area (Å²) in [4.78, 5) is 11.9. The first kappa shape index (κ1) is 15.1. The zero-order valence-corrected chi connectivity index (χ0v) is 13.1. The zero-order valence-electron chi connectivity index (χ0n) is 10.8. The van der Waals surface area contributed by atoms with E-state index in [4.69, 9.17) is 16.3 Å². The molecule has 1 N–H and O–H groups in total. The van der Waals surface area contributed by atoms with Gasteiger partial charge in [0.15, 0.2) is 6.61 Å². The molecule has 0 bridgehead atoms. The predicted octanol–water partition coefficient (Wildman–Crippen LogP) is 3.43. The quantitative estimate of drug-likeness (QED) is 0.898.